The Morgan fingerprint density at radius 2 is 2.00 bits per heavy atom. The predicted molar refractivity (Wildman–Crippen MR) is 66.9 cm³/mol. The third-order valence-electron chi connectivity index (χ3n) is 3.21. The third-order valence-corrected chi connectivity index (χ3v) is 3.21. The highest BCUT2D eigenvalue weighted by Gasteiger charge is 2.28. The van der Waals surface area contributed by atoms with E-state index in [2.05, 4.69) is 25.7 Å². The maximum atomic E-state index is 5.93. The second-order valence-electron chi connectivity index (χ2n) is 5.43. The molecular formula is C13H28N2. The summed E-state index contributed by atoms with van der Waals surface area (Å²) in [6.45, 7) is 9.33. The molecule has 1 aliphatic rings. The summed E-state index contributed by atoms with van der Waals surface area (Å²) >= 11 is 0. The molecule has 2 N–H and O–H groups in total. The molecule has 0 spiro atoms. The number of hydrogen-bond acceptors (Lipinski definition) is 2. The molecule has 15 heavy (non-hydrogen) atoms. The Balaban J connectivity index is 2.14. The van der Waals surface area contributed by atoms with Crippen LogP contribution in [0.4, 0.5) is 0 Å². The monoisotopic (exact) mass is 212 g/mol. The van der Waals surface area contributed by atoms with Crippen molar-refractivity contribution < 1.29 is 0 Å². The van der Waals surface area contributed by atoms with E-state index < -0.39 is 0 Å². The molecule has 1 saturated carbocycles. The molecule has 0 heterocycles. The average Bonchev–Trinajstić information content (AvgIpc) is 2.98. The van der Waals surface area contributed by atoms with Crippen molar-refractivity contribution in [3.63, 3.8) is 0 Å². The Hall–Kier alpha value is -0.0800. The van der Waals surface area contributed by atoms with Crippen LogP contribution in [0.5, 0.6) is 0 Å². The maximum Gasteiger partial charge on any atom is 0.00965 e. The van der Waals surface area contributed by atoms with Gasteiger partial charge in [-0.15, -0.1) is 0 Å². The summed E-state index contributed by atoms with van der Waals surface area (Å²) in [6.07, 6.45) is 6.43. The first-order valence-electron chi connectivity index (χ1n) is 6.63. The van der Waals surface area contributed by atoms with Crippen molar-refractivity contribution in [3.05, 3.63) is 0 Å². The standard InChI is InChI=1S/C13H28N2/c1-4-12(14)6-5-9-15(10-11(2)3)13-7-8-13/h11-13H,4-10,14H2,1-3H3. The first-order chi connectivity index (χ1) is 7.13. The summed E-state index contributed by atoms with van der Waals surface area (Å²) in [6, 6.07) is 1.33. The molecule has 2 heteroatoms. The first kappa shape index (κ1) is 13.0. The van der Waals surface area contributed by atoms with Crippen LogP contribution in [0, 0.1) is 5.92 Å². The van der Waals surface area contributed by atoms with Gasteiger partial charge in [0, 0.05) is 18.6 Å². The van der Waals surface area contributed by atoms with Gasteiger partial charge in [0.1, 0.15) is 0 Å². The molecule has 1 atom stereocenters. The fourth-order valence-electron chi connectivity index (χ4n) is 2.09. The Labute approximate surface area is 95.2 Å². The molecule has 0 aromatic carbocycles. The van der Waals surface area contributed by atoms with Crippen LogP contribution in [0.1, 0.15) is 52.9 Å². The minimum atomic E-state index is 0.421. The molecular weight excluding hydrogens is 184 g/mol. The maximum absolute atomic E-state index is 5.93. The van der Waals surface area contributed by atoms with Gasteiger partial charge in [0.25, 0.3) is 0 Å². The van der Waals surface area contributed by atoms with Crippen LogP contribution in [0.2, 0.25) is 0 Å². The van der Waals surface area contributed by atoms with Gasteiger partial charge in [-0.3, -0.25) is 0 Å². The SMILES string of the molecule is CCC(N)CCCN(CC(C)C)C1CC1. The smallest absolute Gasteiger partial charge is 0.00965 e. The molecule has 0 aromatic rings. The van der Waals surface area contributed by atoms with Gasteiger partial charge in [0.2, 0.25) is 0 Å². The van der Waals surface area contributed by atoms with Gasteiger partial charge >= 0.3 is 0 Å². The molecule has 0 aromatic heterocycles. The summed E-state index contributed by atoms with van der Waals surface area (Å²) in [7, 11) is 0. The van der Waals surface area contributed by atoms with Crippen LogP contribution in [-0.4, -0.2) is 30.1 Å². The lowest BCUT2D eigenvalue weighted by atomic mass is 10.1. The normalized spacial score (nSPS) is 18.8. The number of nitrogens with two attached hydrogens (primary N) is 1. The van der Waals surface area contributed by atoms with Crippen LogP contribution < -0.4 is 5.73 Å². The van der Waals surface area contributed by atoms with Crippen molar-refractivity contribution in [1.82, 2.24) is 4.90 Å². The topological polar surface area (TPSA) is 29.3 Å². The zero-order valence-corrected chi connectivity index (χ0v) is 10.7. The minimum Gasteiger partial charge on any atom is -0.328 e. The van der Waals surface area contributed by atoms with Gasteiger partial charge in [-0.05, 0) is 44.6 Å². The molecule has 1 fully saturated rings. The Kier molecular flexibility index (Phi) is 5.62. The third kappa shape index (κ3) is 5.53. The van der Waals surface area contributed by atoms with Crippen LogP contribution >= 0.6 is 0 Å². The van der Waals surface area contributed by atoms with Crippen molar-refractivity contribution in [3.8, 4) is 0 Å². The Morgan fingerprint density at radius 1 is 1.33 bits per heavy atom. The van der Waals surface area contributed by atoms with E-state index in [9.17, 15) is 0 Å². The van der Waals surface area contributed by atoms with E-state index in [0.717, 1.165) is 18.4 Å². The number of nitrogens with zero attached hydrogens (tertiary/aromatic N) is 1. The van der Waals surface area contributed by atoms with Crippen LogP contribution in [-0.2, 0) is 0 Å². The summed E-state index contributed by atoms with van der Waals surface area (Å²) < 4.78 is 0. The highest BCUT2D eigenvalue weighted by atomic mass is 15.2. The summed E-state index contributed by atoms with van der Waals surface area (Å²) in [5, 5.41) is 0. The van der Waals surface area contributed by atoms with E-state index in [4.69, 9.17) is 5.73 Å². The second kappa shape index (κ2) is 6.49. The summed E-state index contributed by atoms with van der Waals surface area (Å²) in [5.41, 5.74) is 5.93. The Morgan fingerprint density at radius 3 is 2.47 bits per heavy atom. The summed E-state index contributed by atoms with van der Waals surface area (Å²) in [5.74, 6) is 0.797. The van der Waals surface area contributed by atoms with E-state index >= 15 is 0 Å². The van der Waals surface area contributed by atoms with Gasteiger partial charge < -0.3 is 10.6 Å². The molecule has 0 radical (unpaired) electrons. The summed E-state index contributed by atoms with van der Waals surface area (Å²) in [4.78, 5) is 2.67. The zero-order chi connectivity index (χ0) is 11.3. The van der Waals surface area contributed by atoms with Crippen molar-refractivity contribution >= 4 is 0 Å². The molecule has 0 amide bonds. The minimum absolute atomic E-state index is 0.421. The molecule has 0 bridgehead atoms. The van der Waals surface area contributed by atoms with Crippen molar-refractivity contribution in [2.24, 2.45) is 11.7 Å². The molecule has 90 valence electrons. The molecule has 2 nitrogen and oxygen atoms in total. The van der Waals surface area contributed by atoms with E-state index in [1.165, 1.54) is 38.8 Å². The van der Waals surface area contributed by atoms with Crippen LogP contribution in [0.3, 0.4) is 0 Å². The number of hydrogen-bond donors (Lipinski definition) is 1. The number of rotatable bonds is 8. The average molecular weight is 212 g/mol. The lowest BCUT2D eigenvalue weighted by Crippen LogP contribution is -2.32. The van der Waals surface area contributed by atoms with Gasteiger partial charge in [-0.1, -0.05) is 20.8 Å². The van der Waals surface area contributed by atoms with Crippen LogP contribution in [0.25, 0.3) is 0 Å². The van der Waals surface area contributed by atoms with Gasteiger partial charge in [-0.25, -0.2) is 0 Å². The fraction of sp³-hybridized carbons (Fsp3) is 1.00. The molecule has 0 saturated heterocycles. The lowest BCUT2D eigenvalue weighted by molar-refractivity contribution is 0.228. The molecule has 1 aliphatic carbocycles. The van der Waals surface area contributed by atoms with E-state index in [1.807, 2.05) is 0 Å². The highest BCUT2D eigenvalue weighted by Crippen LogP contribution is 2.27. The van der Waals surface area contributed by atoms with Crippen LogP contribution in [0.15, 0.2) is 0 Å². The van der Waals surface area contributed by atoms with Gasteiger partial charge in [0.15, 0.2) is 0 Å². The van der Waals surface area contributed by atoms with Crippen molar-refractivity contribution in [2.75, 3.05) is 13.1 Å². The quantitative estimate of drug-likeness (QED) is 0.670. The van der Waals surface area contributed by atoms with E-state index in [0.29, 0.717) is 6.04 Å². The largest absolute Gasteiger partial charge is 0.328 e. The van der Waals surface area contributed by atoms with E-state index in [1.54, 1.807) is 0 Å². The Bertz CT molecular complexity index is 164. The molecule has 1 unspecified atom stereocenters. The first-order valence-corrected chi connectivity index (χ1v) is 6.63. The zero-order valence-electron chi connectivity index (χ0n) is 10.7. The second-order valence-corrected chi connectivity index (χ2v) is 5.43. The molecule has 0 aliphatic heterocycles. The highest BCUT2D eigenvalue weighted by molar-refractivity contribution is 4.84. The van der Waals surface area contributed by atoms with E-state index in [-0.39, 0.29) is 0 Å². The van der Waals surface area contributed by atoms with Crippen molar-refractivity contribution in [2.45, 2.75) is 65.0 Å². The molecule has 1 rings (SSSR count). The fourth-order valence-corrected chi connectivity index (χ4v) is 2.09. The van der Waals surface area contributed by atoms with Gasteiger partial charge in [0.05, 0.1) is 0 Å². The van der Waals surface area contributed by atoms with Crippen molar-refractivity contribution in [1.29, 1.82) is 0 Å². The lowest BCUT2D eigenvalue weighted by Gasteiger charge is -2.24. The predicted octanol–water partition coefficient (Wildman–Crippen LogP) is 2.62. The van der Waals surface area contributed by atoms with Gasteiger partial charge in [-0.2, -0.15) is 0 Å².